The molecule has 0 spiro atoms. The van der Waals surface area contributed by atoms with Crippen LogP contribution in [-0.2, 0) is 0 Å². The maximum absolute atomic E-state index is 11.0. The number of nitrogens with one attached hydrogen (secondary N) is 1. The monoisotopic (exact) mass is 265 g/mol. The normalized spacial score (nSPS) is 10.2. The van der Waals surface area contributed by atoms with Gasteiger partial charge < -0.3 is 15.8 Å². The first-order chi connectivity index (χ1) is 8.56. The zero-order valence-electron chi connectivity index (χ0n) is 9.46. The van der Waals surface area contributed by atoms with Crippen LogP contribution in [0.1, 0.15) is 5.69 Å². The first-order valence-corrected chi connectivity index (χ1v) is 5.46. The number of anilines is 3. The summed E-state index contributed by atoms with van der Waals surface area (Å²) < 4.78 is 0. The van der Waals surface area contributed by atoms with Crippen LogP contribution in [0.25, 0.3) is 0 Å². The first kappa shape index (κ1) is 12.6. The lowest BCUT2D eigenvalue weighted by molar-refractivity contribution is 0.296. The predicted molar refractivity (Wildman–Crippen MR) is 69.1 cm³/mol. The molecule has 94 valence electrons. The fourth-order valence-corrected chi connectivity index (χ4v) is 1.49. The molecule has 0 unspecified atom stereocenters. The lowest BCUT2D eigenvalue weighted by Crippen LogP contribution is -2.11. The summed E-state index contributed by atoms with van der Waals surface area (Å²) >= 11 is 5.67. The summed E-state index contributed by atoms with van der Waals surface area (Å²) in [5.41, 5.74) is 1.35. The Labute approximate surface area is 108 Å². The molecule has 7 heteroatoms. The molecule has 0 amide bonds. The third-order valence-corrected chi connectivity index (χ3v) is 2.43. The van der Waals surface area contributed by atoms with Gasteiger partial charge in [-0.2, -0.15) is 0 Å². The molecule has 0 aromatic carbocycles. The van der Waals surface area contributed by atoms with Crippen molar-refractivity contribution in [1.29, 1.82) is 0 Å². The fourth-order valence-electron chi connectivity index (χ4n) is 1.38. The molecule has 0 aliphatic rings. The number of aryl methyl sites for hydroxylation is 1. The van der Waals surface area contributed by atoms with Crippen LogP contribution in [-0.4, -0.2) is 15.2 Å². The van der Waals surface area contributed by atoms with E-state index >= 15 is 0 Å². The molecular weight excluding hydrogens is 256 g/mol. The van der Waals surface area contributed by atoms with Crippen molar-refractivity contribution in [3.63, 3.8) is 0 Å². The first-order valence-electron chi connectivity index (χ1n) is 5.08. The Balaban J connectivity index is 2.32. The summed E-state index contributed by atoms with van der Waals surface area (Å²) in [5, 5.41) is 23.0. The average Bonchev–Trinajstić information content (AvgIpc) is 2.32. The van der Waals surface area contributed by atoms with Crippen LogP contribution < -0.4 is 10.5 Å². The van der Waals surface area contributed by atoms with Crippen molar-refractivity contribution in [2.24, 2.45) is 0 Å². The Morgan fingerprint density at radius 3 is 2.72 bits per heavy atom. The molecule has 0 aliphatic heterocycles. The Morgan fingerprint density at radius 2 is 2.11 bits per heavy atom. The number of halogens is 1. The molecule has 0 radical (unpaired) electrons. The van der Waals surface area contributed by atoms with Gasteiger partial charge in [0, 0.05) is 5.69 Å². The average molecular weight is 266 g/mol. The summed E-state index contributed by atoms with van der Waals surface area (Å²) in [6.45, 7) is 1.78. The summed E-state index contributed by atoms with van der Waals surface area (Å²) in [6.07, 6.45) is 1.50. The van der Waals surface area contributed by atoms with E-state index in [1.165, 1.54) is 12.3 Å². The SMILES string of the molecule is Cc1ccc(N([O-])O)c(Nc2ccc(Cl)nc2)n1. The molecule has 0 atom stereocenters. The van der Waals surface area contributed by atoms with E-state index in [1.54, 1.807) is 25.1 Å². The minimum Gasteiger partial charge on any atom is -0.733 e. The zero-order chi connectivity index (χ0) is 13.1. The van der Waals surface area contributed by atoms with E-state index in [0.717, 1.165) is 0 Å². The van der Waals surface area contributed by atoms with E-state index in [4.69, 9.17) is 16.8 Å². The van der Waals surface area contributed by atoms with Gasteiger partial charge in [-0.15, -0.1) is 0 Å². The van der Waals surface area contributed by atoms with Gasteiger partial charge >= 0.3 is 0 Å². The van der Waals surface area contributed by atoms with Crippen molar-refractivity contribution in [2.75, 3.05) is 10.5 Å². The topological polar surface area (TPSA) is 84.3 Å². The van der Waals surface area contributed by atoms with Gasteiger partial charge in [-0.25, -0.2) is 9.97 Å². The third kappa shape index (κ3) is 2.86. The number of hydrogen-bond donors (Lipinski definition) is 2. The van der Waals surface area contributed by atoms with E-state index in [2.05, 4.69) is 15.3 Å². The Morgan fingerprint density at radius 1 is 1.33 bits per heavy atom. The summed E-state index contributed by atoms with van der Waals surface area (Å²) in [5.74, 6) is 0.247. The predicted octanol–water partition coefficient (Wildman–Crippen LogP) is 2.88. The highest BCUT2D eigenvalue weighted by atomic mass is 35.5. The molecule has 2 aromatic rings. The minimum absolute atomic E-state index is 0.0237. The third-order valence-electron chi connectivity index (χ3n) is 2.21. The fraction of sp³-hybridized carbons (Fsp3) is 0.0909. The number of pyridine rings is 2. The van der Waals surface area contributed by atoms with E-state index in [0.29, 0.717) is 16.5 Å². The molecule has 2 heterocycles. The van der Waals surface area contributed by atoms with Gasteiger partial charge in [-0.3, -0.25) is 5.21 Å². The molecule has 2 rings (SSSR count). The second kappa shape index (κ2) is 5.18. The van der Waals surface area contributed by atoms with Crippen molar-refractivity contribution >= 4 is 28.8 Å². The maximum atomic E-state index is 11.0. The molecular formula is C11H10ClN4O2-. The van der Waals surface area contributed by atoms with Crippen LogP contribution in [0, 0.1) is 12.1 Å². The highest BCUT2D eigenvalue weighted by molar-refractivity contribution is 6.29. The molecule has 0 saturated carbocycles. The standard InChI is InChI=1S/C11H10ClN4O2/c1-7-2-4-9(16(17)18)11(14-7)15-8-3-5-10(12)13-6-8/h2-6,17H,1H3,(H,14,15)/q-1. The summed E-state index contributed by atoms with van der Waals surface area (Å²) in [4.78, 5) is 8.03. The van der Waals surface area contributed by atoms with Crippen molar-refractivity contribution in [3.8, 4) is 0 Å². The van der Waals surface area contributed by atoms with Gasteiger partial charge in [0.2, 0.25) is 0 Å². The van der Waals surface area contributed by atoms with Crippen molar-refractivity contribution in [3.05, 3.63) is 46.5 Å². The largest absolute Gasteiger partial charge is 0.733 e. The highest BCUT2D eigenvalue weighted by Crippen LogP contribution is 2.25. The van der Waals surface area contributed by atoms with E-state index in [1.807, 2.05) is 0 Å². The van der Waals surface area contributed by atoms with Crippen LogP contribution in [0.15, 0.2) is 30.5 Å². The smallest absolute Gasteiger partial charge is 0.155 e. The molecule has 0 fully saturated rings. The Bertz CT molecular complexity index is 545. The maximum Gasteiger partial charge on any atom is 0.155 e. The minimum atomic E-state index is -0.238. The molecule has 18 heavy (non-hydrogen) atoms. The second-order valence-corrected chi connectivity index (χ2v) is 3.98. The number of rotatable bonds is 3. The van der Waals surface area contributed by atoms with Gasteiger partial charge in [0.25, 0.3) is 0 Å². The highest BCUT2D eigenvalue weighted by Gasteiger charge is 2.06. The quantitative estimate of drug-likeness (QED) is 0.656. The van der Waals surface area contributed by atoms with Gasteiger partial charge in [0.15, 0.2) is 5.82 Å². The van der Waals surface area contributed by atoms with Crippen molar-refractivity contribution < 1.29 is 5.21 Å². The molecule has 2 N–H and O–H groups in total. The lowest BCUT2D eigenvalue weighted by Gasteiger charge is -2.24. The van der Waals surface area contributed by atoms with E-state index in [9.17, 15) is 5.21 Å². The van der Waals surface area contributed by atoms with Crippen LogP contribution in [0.4, 0.5) is 17.2 Å². The van der Waals surface area contributed by atoms with Crippen molar-refractivity contribution in [2.45, 2.75) is 6.92 Å². The summed E-state index contributed by atoms with van der Waals surface area (Å²) in [7, 11) is 0. The molecule has 0 aliphatic carbocycles. The van der Waals surface area contributed by atoms with Gasteiger partial charge in [-0.05, 0) is 31.2 Å². The molecule has 0 saturated heterocycles. The van der Waals surface area contributed by atoms with Crippen molar-refractivity contribution in [1.82, 2.24) is 9.97 Å². The molecule has 0 bridgehead atoms. The summed E-state index contributed by atoms with van der Waals surface area (Å²) in [6, 6.07) is 6.39. The van der Waals surface area contributed by atoms with E-state index in [-0.39, 0.29) is 16.7 Å². The van der Waals surface area contributed by atoms with Crippen LogP contribution in [0.2, 0.25) is 5.15 Å². The lowest BCUT2D eigenvalue weighted by atomic mass is 10.3. The Hall–Kier alpha value is -1.89. The zero-order valence-corrected chi connectivity index (χ0v) is 10.2. The van der Waals surface area contributed by atoms with Crippen LogP contribution in [0.5, 0.6) is 0 Å². The van der Waals surface area contributed by atoms with Gasteiger partial charge in [-0.1, -0.05) is 11.6 Å². The second-order valence-electron chi connectivity index (χ2n) is 3.59. The Kier molecular flexibility index (Phi) is 3.61. The number of nitrogens with zero attached hydrogens (tertiary/aromatic N) is 3. The molecule has 6 nitrogen and oxygen atoms in total. The van der Waals surface area contributed by atoms with E-state index < -0.39 is 0 Å². The number of hydrogen-bond acceptors (Lipinski definition) is 6. The van der Waals surface area contributed by atoms with Gasteiger partial charge in [0.1, 0.15) is 5.15 Å². The molecule has 2 aromatic heterocycles. The van der Waals surface area contributed by atoms with Crippen LogP contribution >= 0.6 is 11.6 Å². The van der Waals surface area contributed by atoms with Gasteiger partial charge in [0.05, 0.1) is 17.6 Å². The number of aromatic nitrogens is 2. The van der Waals surface area contributed by atoms with Crippen LogP contribution in [0.3, 0.4) is 0 Å².